The number of aromatic carboxylic acids is 1. The van der Waals surface area contributed by atoms with E-state index in [1.54, 1.807) is 11.3 Å². The lowest BCUT2D eigenvalue weighted by atomic mass is 9.89. The number of hydrogen-bond acceptors (Lipinski definition) is 3. The van der Waals surface area contributed by atoms with Gasteiger partial charge < -0.3 is 5.11 Å². The van der Waals surface area contributed by atoms with Crippen LogP contribution in [0.25, 0.3) is 22.2 Å². The van der Waals surface area contributed by atoms with E-state index in [1.807, 2.05) is 25.1 Å². The van der Waals surface area contributed by atoms with Gasteiger partial charge >= 0.3 is 5.97 Å². The molecule has 1 aliphatic carbocycles. The van der Waals surface area contributed by atoms with E-state index in [0.29, 0.717) is 5.56 Å². The van der Waals surface area contributed by atoms with E-state index in [9.17, 15) is 9.90 Å². The second kappa shape index (κ2) is 4.40. The first-order chi connectivity index (χ1) is 10.2. The molecule has 0 radical (unpaired) electrons. The summed E-state index contributed by atoms with van der Waals surface area (Å²) in [5.74, 6) is -0.858. The highest BCUT2D eigenvalue weighted by atomic mass is 32.1. The van der Waals surface area contributed by atoms with Gasteiger partial charge in [0, 0.05) is 15.8 Å². The molecule has 0 saturated carbocycles. The van der Waals surface area contributed by atoms with Crippen LogP contribution in [0.15, 0.2) is 29.6 Å². The summed E-state index contributed by atoms with van der Waals surface area (Å²) in [6.07, 6.45) is 1.65. The van der Waals surface area contributed by atoms with Crippen LogP contribution < -0.4 is 0 Å². The van der Waals surface area contributed by atoms with Crippen LogP contribution in [0.4, 0.5) is 0 Å². The summed E-state index contributed by atoms with van der Waals surface area (Å²) in [5.41, 5.74) is 5.08. The molecule has 4 heteroatoms. The molecule has 1 aromatic carbocycles. The predicted molar refractivity (Wildman–Crippen MR) is 84.2 cm³/mol. The summed E-state index contributed by atoms with van der Waals surface area (Å²) in [6, 6.07) is 7.80. The first-order valence-electron chi connectivity index (χ1n) is 6.89. The topological polar surface area (TPSA) is 50.2 Å². The predicted octanol–water partition coefficient (Wildman–Crippen LogP) is 4.07. The smallest absolute Gasteiger partial charge is 0.336 e. The molecule has 0 unspecified atom stereocenters. The van der Waals surface area contributed by atoms with Gasteiger partial charge in [-0.3, -0.25) is 0 Å². The Balaban J connectivity index is 2.19. The van der Waals surface area contributed by atoms with Crippen molar-refractivity contribution in [3.05, 3.63) is 51.2 Å². The summed E-state index contributed by atoms with van der Waals surface area (Å²) in [7, 11) is 0. The average molecular weight is 295 g/mol. The Bertz CT molecular complexity index is 895. The average Bonchev–Trinajstić information content (AvgIpc) is 2.94. The number of fused-ring (bicyclic) bond motifs is 4. The van der Waals surface area contributed by atoms with Gasteiger partial charge in [-0.15, -0.1) is 11.3 Å². The quantitative estimate of drug-likeness (QED) is 0.736. The van der Waals surface area contributed by atoms with Crippen LogP contribution in [0.3, 0.4) is 0 Å². The van der Waals surface area contributed by atoms with Gasteiger partial charge in [-0.05, 0) is 42.3 Å². The van der Waals surface area contributed by atoms with Crippen LogP contribution in [0.1, 0.15) is 26.4 Å². The molecule has 1 aliphatic rings. The number of pyridine rings is 1. The number of thiophene rings is 1. The number of carboxylic acids is 1. The third kappa shape index (κ3) is 1.72. The second-order valence-electron chi connectivity index (χ2n) is 5.35. The molecule has 0 bridgehead atoms. The minimum atomic E-state index is -0.858. The van der Waals surface area contributed by atoms with Gasteiger partial charge in [0.15, 0.2) is 0 Å². The van der Waals surface area contributed by atoms with E-state index in [2.05, 4.69) is 11.4 Å². The minimum absolute atomic E-state index is 0.426. The van der Waals surface area contributed by atoms with E-state index in [4.69, 9.17) is 4.98 Å². The number of aryl methyl sites for hydroxylation is 2. The van der Waals surface area contributed by atoms with Crippen molar-refractivity contribution in [2.45, 2.75) is 19.8 Å². The molecule has 0 saturated heterocycles. The Kier molecular flexibility index (Phi) is 2.62. The number of benzene rings is 1. The summed E-state index contributed by atoms with van der Waals surface area (Å²) in [5, 5.41) is 12.5. The second-order valence-corrected chi connectivity index (χ2v) is 6.35. The van der Waals surface area contributed by atoms with Crippen LogP contribution in [-0.4, -0.2) is 16.1 Å². The van der Waals surface area contributed by atoms with Crippen molar-refractivity contribution in [1.29, 1.82) is 0 Å². The normalized spacial score (nSPS) is 13.0. The molecule has 0 atom stereocenters. The maximum absolute atomic E-state index is 11.8. The Morgan fingerprint density at radius 2 is 2.14 bits per heavy atom. The Labute approximate surface area is 125 Å². The van der Waals surface area contributed by atoms with E-state index >= 15 is 0 Å². The molecule has 3 nitrogen and oxygen atoms in total. The third-order valence-corrected chi connectivity index (χ3v) is 5.12. The number of carboxylic acid groups (broad SMARTS) is 1. The fourth-order valence-corrected chi connectivity index (χ4v) is 4.04. The number of para-hydroxylation sites is 1. The zero-order valence-corrected chi connectivity index (χ0v) is 12.3. The molecule has 0 amide bonds. The van der Waals surface area contributed by atoms with E-state index in [-0.39, 0.29) is 0 Å². The van der Waals surface area contributed by atoms with Crippen LogP contribution >= 0.6 is 11.3 Å². The van der Waals surface area contributed by atoms with Crippen molar-refractivity contribution < 1.29 is 9.90 Å². The molecular formula is C17H13NO2S. The van der Waals surface area contributed by atoms with Crippen LogP contribution in [0.5, 0.6) is 0 Å². The molecule has 0 fully saturated rings. The molecule has 21 heavy (non-hydrogen) atoms. The van der Waals surface area contributed by atoms with E-state index in [1.165, 1.54) is 4.88 Å². The monoisotopic (exact) mass is 295 g/mol. The summed E-state index contributed by atoms with van der Waals surface area (Å²) < 4.78 is 0. The Morgan fingerprint density at radius 3 is 2.95 bits per heavy atom. The molecule has 2 heterocycles. The van der Waals surface area contributed by atoms with Crippen LogP contribution in [0, 0.1) is 6.92 Å². The molecule has 1 N–H and O–H groups in total. The van der Waals surface area contributed by atoms with Gasteiger partial charge in [0.05, 0.1) is 16.8 Å². The maximum atomic E-state index is 11.8. The van der Waals surface area contributed by atoms with Crippen LogP contribution in [0.2, 0.25) is 0 Å². The lowest BCUT2D eigenvalue weighted by Gasteiger charge is -2.20. The Morgan fingerprint density at radius 1 is 1.29 bits per heavy atom. The van der Waals surface area contributed by atoms with Crippen molar-refractivity contribution >= 4 is 28.2 Å². The maximum Gasteiger partial charge on any atom is 0.336 e. The van der Waals surface area contributed by atoms with Gasteiger partial charge in [-0.25, -0.2) is 9.78 Å². The number of aromatic nitrogens is 1. The fourth-order valence-electron chi connectivity index (χ4n) is 3.16. The standard InChI is InChI=1S/C17H13NO2S/c1-9-3-2-4-11-14(17(19)20)12-5-6-13-10(7-8-21-13)16(12)18-15(9)11/h2-4,7-8H,5-6H2,1H3,(H,19,20). The van der Waals surface area contributed by atoms with Crippen LogP contribution in [-0.2, 0) is 12.8 Å². The van der Waals surface area contributed by atoms with E-state index in [0.717, 1.165) is 46.1 Å². The minimum Gasteiger partial charge on any atom is -0.478 e. The zero-order chi connectivity index (χ0) is 14.6. The first kappa shape index (κ1) is 12.5. The molecule has 2 aromatic heterocycles. The van der Waals surface area contributed by atoms with Crippen molar-refractivity contribution in [1.82, 2.24) is 4.98 Å². The summed E-state index contributed by atoms with van der Waals surface area (Å²) in [6.45, 7) is 1.98. The lowest BCUT2D eigenvalue weighted by molar-refractivity contribution is 0.0698. The van der Waals surface area contributed by atoms with Crippen molar-refractivity contribution in [2.24, 2.45) is 0 Å². The first-order valence-corrected chi connectivity index (χ1v) is 7.77. The molecule has 104 valence electrons. The highest BCUT2D eigenvalue weighted by Crippen LogP contribution is 2.39. The molecule has 3 aromatic rings. The SMILES string of the molecule is Cc1cccc2c(C(=O)O)c3c(nc12)-c1ccsc1CC3. The largest absolute Gasteiger partial charge is 0.478 e. The van der Waals surface area contributed by atoms with Crippen molar-refractivity contribution in [3.63, 3.8) is 0 Å². The van der Waals surface area contributed by atoms with Gasteiger partial charge in [-0.2, -0.15) is 0 Å². The number of nitrogens with zero attached hydrogens (tertiary/aromatic N) is 1. The van der Waals surface area contributed by atoms with Crippen molar-refractivity contribution in [2.75, 3.05) is 0 Å². The third-order valence-electron chi connectivity index (χ3n) is 4.13. The fraction of sp³-hybridized carbons (Fsp3) is 0.176. The number of rotatable bonds is 1. The molecular weight excluding hydrogens is 282 g/mol. The summed E-state index contributed by atoms with van der Waals surface area (Å²) >= 11 is 1.73. The van der Waals surface area contributed by atoms with E-state index < -0.39 is 5.97 Å². The number of hydrogen-bond donors (Lipinski definition) is 1. The number of carbonyl (C=O) groups is 1. The van der Waals surface area contributed by atoms with Gasteiger partial charge in [0.2, 0.25) is 0 Å². The highest BCUT2D eigenvalue weighted by Gasteiger charge is 2.26. The Hall–Kier alpha value is -2.20. The summed E-state index contributed by atoms with van der Waals surface area (Å²) in [4.78, 5) is 17.9. The molecule has 0 aliphatic heterocycles. The van der Waals surface area contributed by atoms with Gasteiger partial charge in [0.25, 0.3) is 0 Å². The van der Waals surface area contributed by atoms with Crippen molar-refractivity contribution in [3.8, 4) is 11.3 Å². The van der Waals surface area contributed by atoms with Gasteiger partial charge in [-0.1, -0.05) is 18.2 Å². The zero-order valence-electron chi connectivity index (χ0n) is 11.5. The lowest BCUT2D eigenvalue weighted by Crippen LogP contribution is -2.12. The molecule has 4 rings (SSSR count). The van der Waals surface area contributed by atoms with Gasteiger partial charge in [0.1, 0.15) is 0 Å². The highest BCUT2D eigenvalue weighted by molar-refractivity contribution is 7.10. The molecule has 0 spiro atoms.